The predicted molar refractivity (Wildman–Crippen MR) is 97.6 cm³/mol. The molecule has 0 aliphatic carbocycles. The molecule has 1 amide bonds. The highest BCUT2D eigenvalue weighted by molar-refractivity contribution is 6.30. The standard InChI is InChI=1S/C20H18ClNO3/c21-14-19(23)18-11-9-16(10-12-18)6-4-5-13-22-20(24)25-15-17-7-2-1-3-8-17/h1-3,7-12H,5,13-15H2,(H,22,24). The fourth-order valence-electron chi connectivity index (χ4n) is 1.98. The Hall–Kier alpha value is -2.77. The zero-order valence-corrected chi connectivity index (χ0v) is 14.4. The molecule has 0 aromatic heterocycles. The summed E-state index contributed by atoms with van der Waals surface area (Å²) in [7, 11) is 0. The number of ketones is 1. The number of benzene rings is 2. The monoisotopic (exact) mass is 355 g/mol. The molecule has 0 aliphatic rings. The van der Waals surface area contributed by atoms with Crippen molar-refractivity contribution in [2.24, 2.45) is 0 Å². The van der Waals surface area contributed by atoms with Gasteiger partial charge in [0, 0.05) is 24.1 Å². The summed E-state index contributed by atoms with van der Waals surface area (Å²) in [4.78, 5) is 23.0. The first-order valence-electron chi connectivity index (χ1n) is 7.81. The highest BCUT2D eigenvalue weighted by atomic mass is 35.5. The molecule has 0 fully saturated rings. The van der Waals surface area contributed by atoms with Crippen LogP contribution in [0.4, 0.5) is 4.79 Å². The van der Waals surface area contributed by atoms with Crippen LogP contribution in [-0.2, 0) is 11.3 Å². The van der Waals surface area contributed by atoms with Crippen LogP contribution in [-0.4, -0.2) is 24.3 Å². The molecule has 2 aromatic rings. The zero-order valence-electron chi connectivity index (χ0n) is 13.6. The van der Waals surface area contributed by atoms with Crippen LogP contribution in [0.3, 0.4) is 0 Å². The van der Waals surface area contributed by atoms with E-state index in [1.54, 1.807) is 24.3 Å². The van der Waals surface area contributed by atoms with E-state index >= 15 is 0 Å². The number of carbonyl (C=O) groups is 2. The van der Waals surface area contributed by atoms with E-state index in [9.17, 15) is 9.59 Å². The average molecular weight is 356 g/mol. The summed E-state index contributed by atoms with van der Waals surface area (Å²) < 4.78 is 5.10. The maximum atomic E-state index is 11.6. The second-order valence-electron chi connectivity index (χ2n) is 5.17. The molecule has 0 atom stereocenters. The molecule has 4 nitrogen and oxygen atoms in total. The van der Waals surface area contributed by atoms with Crippen LogP contribution < -0.4 is 5.32 Å². The minimum absolute atomic E-state index is 0.0307. The van der Waals surface area contributed by atoms with Gasteiger partial charge in [-0.05, 0) is 17.7 Å². The summed E-state index contributed by atoms with van der Waals surface area (Å²) >= 11 is 5.51. The molecule has 128 valence electrons. The van der Waals surface area contributed by atoms with Gasteiger partial charge in [0.15, 0.2) is 5.78 Å². The number of hydrogen-bond acceptors (Lipinski definition) is 3. The molecule has 0 radical (unpaired) electrons. The zero-order chi connectivity index (χ0) is 17.9. The van der Waals surface area contributed by atoms with Crippen LogP contribution in [0.1, 0.15) is 27.9 Å². The SMILES string of the molecule is O=C(NCCC#Cc1ccc(C(=O)CCl)cc1)OCc1ccccc1. The number of rotatable bonds is 6. The lowest BCUT2D eigenvalue weighted by atomic mass is 10.1. The Bertz CT molecular complexity index is 761. The number of amides is 1. The molecular weight excluding hydrogens is 338 g/mol. The fraction of sp³-hybridized carbons (Fsp3) is 0.200. The fourth-order valence-corrected chi connectivity index (χ4v) is 2.14. The highest BCUT2D eigenvalue weighted by Gasteiger charge is 2.02. The van der Waals surface area contributed by atoms with Gasteiger partial charge in [0.1, 0.15) is 6.61 Å². The van der Waals surface area contributed by atoms with Crippen molar-refractivity contribution in [3.63, 3.8) is 0 Å². The first kappa shape index (κ1) is 18.6. The molecule has 1 N–H and O–H groups in total. The van der Waals surface area contributed by atoms with E-state index in [-0.39, 0.29) is 18.3 Å². The van der Waals surface area contributed by atoms with Gasteiger partial charge in [0.25, 0.3) is 0 Å². The number of alkyl halides is 1. The summed E-state index contributed by atoms with van der Waals surface area (Å²) in [5, 5.41) is 2.65. The third kappa shape index (κ3) is 6.70. The van der Waals surface area contributed by atoms with Gasteiger partial charge in [-0.3, -0.25) is 4.79 Å². The van der Waals surface area contributed by atoms with Crippen molar-refractivity contribution in [3.05, 3.63) is 71.3 Å². The largest absolute Gasteiger partial charge is 0.445 e. The smallest absolute Gasteiger partial charge is 0.407 e. The van der Waals surface area contributed by atoms with Crippen LogP contribution in [0.15, 0.2) is 54.6 Å². The lowest BCUT2D eigenvalue weighted by molar-refractivity contribution is 0.102. The Labute approximate surface area is 152 Å². The summed E-state index contributed by atoms with van der Waals surface area (Å²) in [6, 6.07) is 16.4. The van der Waals surface area contributed by atoms with Gasteiger partial charge in [0.05, 0.1) is 5.88 Å². The van der Waals surface area contributed by atoms with Gasteiger partial charge in [-0.1, -0.05) is 54.3 Å². The first-order valence-corrected chi connectivity index (χ1v) is 8.35. The number of alkyl carbamates (subject to hydrolysis) is 1. The molecular formula is C20H18ClNO3. The lowest BCUT2D eigenvalue weighted by Gasteiger charge is -2.05. The van der Waals surface area contributed by atoms with Crippen molar-refractivity contribution < 1.29 is 14.3 Å². The summed E-state index contributed by atoms with van der Waals surface area (Å²) in [5.41, 5.74) is 2.31. The molecule has 0 heterocycles. The Morgan fingerprint density at radius 2 is 1.76 bits per heavy atom. The van der Waals surface area contributed by atoms with Crippen LogP contribution >= 0.6 is 11.6 Å². The average Bonchev–Trinajstić information content (AvgIpc) is 2.67. The van der Waals surface area contributed by atoms with E-state index in [1.165, 1.54) is 0 Å². The van der Waals surface area contributed by atoms with E-state index < -0.39 is 6.09 Å². The van der Waals surface area contributed by atoms with Crippen molar-refractivity contribution >= 4 is 23.5 Å². The molecule has 0 saturated heterocycles. The number of nitrogens with one attached hydrogen (secondary N) is 1. The Morgan fingerprint density at radius 3 is 2.44 bits per heavy atom. The third-order valence-electron chi connectivity index (χ3n) is 3.29. The molecule has 0 saturated carbocycles. The maximum Gasteiger partial charge on any atom is 0.407 e. The van der Waals surface area contributed by atoms with Gasteiger partial charge in [-0.15, -0.1) is 11.6 Å². The van der Waals surface area contributed by atoms with Gasteiger partial charge in [-0.25, -0.2) is 4.79 Å². The number of halogens is 1. The second kappa shape index (κ2) is 10.2. The van der Waals surface area contributed by atoms with Crippen LogP contribution in [0.2, 0.25) is 0 Å². The summed E-state index contributed by atoms with van der Waals surface area (Å²) in [5.74, 6) is 5.79. The van der Waals surface area contributed by atoms with Gasteiger partial charge in [-0.2, -0.15) is 0 Å². The van der Waals surface area contributed by atoms with E-state index in [0.29, 0.717) is 18.5 Å². The van der Waals surface area contributed by atoms with Gasteiger partial charge in [0.2, 0.25) is 0 Å². The number of ether oxygens (including phenoxy) is 1. The van der Waals surface area contributed by atoms with Gasteiger partial charge >= 0.3 is 6.09 Å². The Kier molecular flexibility index (Phi) is 7.55. The lowest BCUT2D eigenvalue weighted by Crippen LogP contribution is -2.24. The highest BCUT2D eigenvalue weighted by Crippen LogP contribution is 2.05. The third-order valence-corrected chi connectivity index (χ3v) is 3.54. The normalized spacial score (nSPS) is 9.64. The van der Waals surface area contributed by atoms with E-state index in [0.717, 1.165) is 11.1 Å². The minimum atomic E-state index is -0.463. The number of hydrogen-bond donors (Lipinski definition) is 1. The molecule has 0 spiro atoms. The minimum Gasteiger partial charge on any atom is -0.445 e. The topological polar surface area (TPSA) is 55.4 Å². The molecule has 0 aliphatic heterocycles. The Balaban J connectivity index is 1.68. The summed E-state index contributed by atoms with van der Waals surface area (Å²) in [6.07, 6.45) is 0.0394. The number of Topliss-reactive ketones (excluding diaryl/α,β-unsaturated/α-hetero) is 1. The number of carbonyl (C=O) groups excluding carboxylic acids is 2. The van der Waals surface area contributed by atoms with Crippen molar-refractivity contribution in [1.29, 1.82) is 0 Å². The van der Waals surface area contributed by atoms with E-state index in [4.69, 9.17) is 16.3 Å². The van der Waals surface area contributed by atoms with Crippen LogP contribution in [0.25, 0.3) is 0 Å². The first-order chi connectivity index (χ1) is 12.2. The molecule has 0 bridgehead atoms. The van der Waals surface area contributed by atoms with Gasteiger partial charge < -0.3 is 10.1 Å². The molecule has 0 unspecified atom stereocenters. The molecule has 2 aromatic carbocycles. The second-order valence-corrected chi connectivity index (χ2v) is 5.44. The molecule has 5 heteroatoms. The van der Waals surface area contributed by atoms with Crippen LogP contribution in [0, 0.1) is 11.8 Å². The maximum absolute atomic E-state index is 11.6. The quantitative estimate of drug-likeness (QED) is 0.371. The van der Waals surface area contributed by atoms with Crippen LogP contribution in [0.5, 0.6) is 0 Å². The molecule has 2 rings (SSSR count). The predicted octanol–water partition coefficient (Wildman–Crippen LogP) is 3.78. The summed E-state index contributed by atoms with van der Waals surface area (Å²) in [6.45, 7) is 0.648. The Morgan fingerprint density at radius 1 is 1.04 bits per heavy atom. The van der Waals surface area contributed by atoms with Crippen molar-refractivity contribution in [2.45, 2.75) is 13.0 Å². The molecule has 25 heavy (non-hydrogen) atoms. The van der Waals surface area contributed by atoms with Crippen molar-refractivity contribution in [2.75, 3.05) is 12.4 Å². The van der Waals surface area contributed by atoms with Crippen molar-refractivity contribution in [1.82, 2.24) is 5.32 Å². The van der Waals surface area contributed by atoms with E-state index in [1.807, 2.05) is 30.3 Å². The van der Waals surface area contributed by atoms with E-state index in [2.05, 4.69) is 17.2 Å². The van der Waals surface area contributed by atoms with Crippen molar-refractivity contribution in [3.8, 4) is 11.8 Å².